The summed E-state index contributed by atoms with van der Waals surface area (Å²) in [6, 6.07) is 12.9. The van der Waals surface area contributed by atoms with Crippen LogP contribution in [0.5, 0.6) is 0 Å². The van der Waals surface area contributed by atoms with E-state index in [0.29, 0.717) is 5.56 Å². The van der Waals surface area contributed by atoms with Gasteiger partial charge in [-0.1, -0.05) is 11.8 Å². The zero-order chi connectivity index (χ0) is 18.4. The van der Waals surface area contributed by atoms with Gasteiger partial charge >= 0.3 is 5.97 Å². The molecule has 0 aromatic heterocycles. The molecule has 0 spiro atoms. The van der Waals surface area contributed by atoms with Crippen LogP contribution in [0, 0.1) is 15.4 Å². The molecule has 0 unspecified atom stereocenters. The van der Waals surface area contributed by atoms with Gasteiger partial charge in [0.1, 0.15) is 0 Å². The molecule has 0 aliphatic heterocycles. The highest BCUT2D eigenvalue weighted by molar-refractivity contribution is 14.1. The zero-order valence-electron chi connectivity index (χ0n) is 13.4. The van der Waals surface area contributed by atoms with Gasteiger partial charge in [0.05, 0.1) is 6.10 Å². The van der Waals surface area contributed by atoms with E-state index in [0.717, 1.165) is 14.7 Å². The van der Waals surface area contributed by atoms with Crippen molar-refractivity contribution >= 4 is 34.5 Å². The van der Waals surface area contributed by atoms with Gasteiger partial charge in [-0.05, 0) is 78.0 Å². The average Bonchev–Trinajstić information content (AvgIpc) is 2.59. The number of benzene rings is 2. The quantitative estimate of drug-likeness (QED) is 0.494. The van der Waals surface area contributed by atoms with Crippen LogP contribution in [-0.2, 0) is 4.79 Å². The number of amides is 1. The minimum atomic E-state index is -1.35. The Morgan fingerprint density at radius 1 is 1.00 bits per heavy atom. The average molecular weight is 449 g/mol. The molecular formula is C19H16INO4. The summed E-state index contributed by atoms with van der Waals surface area (Å²) in [6.07, 6.45) is -1.19. The number of carbonyl (C=O) groups is 2. The number of hydrogen-bond acceptors (Lipinski definition) is 3. The molecule has 3 N–H and O–H groups in total. The van der Waals surface area contributed by atoms with Crippen molar-refractivity contribution in [3.63, 3.8) is 0 Å². The van der Waals surface area contributed by atoms with Gasteiger partial charge in [0.25, 0.3) is 5.91 Å². The number of nitrogens with one attached hydrogen (secondary N) is 1. The van der Waals surface area contributed by atoms with Gasteiger partial charge in [0, 0.05) is 20.3 Å². The van der Waals surface area contributed by atoms with Crippen LogP contribution >= 0.6 is 22.6 Å². The summed E-state index contributed by atoms with van der Waals surface area (Å²) in [5, 5.41) is 20.7. The van der Waals surface area contributed by atoms with Crippen molar-refractivity contribution < 1.29 is 19.8 Å². The van der Waals surface area contributed by atoms with Crippen LogP contribution in [-0.4, -0.2) is 34.2 Å². The van der Waals surface area contributed by atoms with E-state index in [9.17, 15) is 14.7 Å². The largest absolute Gasteiger partial charge is 0.480 e. The molecule has 5 nitrogen and oxygen atoms in total. The third-order valence-corrected chi connectivity index (χ3v) is 4.10. The first kappa shape index (κ1) is 19.0. The monoisotopic (exact) mass is 449 g/mol. The van der Waals surface area contributed by atoms with Crippen LogP contribution in [0.2, 0.25) is 0 Å². The number of halogens is 1. The van der Waals surface area contributed by atoms with Gasteiger partial charge in [-0.15, -0.1) is 0 Å². The number of aliphatic carboxylic acids is 1. The fourth-order valence-electron chi connectivity index (χ4n) is 2.00. The van der Waals surface area contributed by atoms with E-state index < -0.39 is 24.0 Å². The van der Waals surface area contributed by atoms with Crippen LogP contribution in [0.15, 0.2) is 48.5 Å². The number of carboxylic acids is 1. The summed E-state index contributed by atoms with van der Waals surface area (Å²) in [7, 11) is 0. The van der Waals surface area contributed by atoms with E-state index in [4.69, 9.17) is 5.11 Å². The van der Waals surface area contributed by atoms with Crippen molar-refractivity contribution in [1.29, 1.82) is 0 Å². The molecule has 0 saturated heterocycles. The lowest BCUT2D eigenvalue weighted by Gasteiger charge is -2.16. The van der Waals surface area contributed by atoms with Crippen molar-refractivity contribution in [3.8, 4) is 11.8 Å². The second-order valence-electron chi connectivity index (χ2n) is 5.36. The Labute approximate surface area is 159 Å². The molecule has 0 aliphatic rings. The molecule has 25 heavy (non-hydrogen) atoms. The van der Waals surface area contributed by atoms with Gasteiger partial charge in [-0.3, -0.25) is 4.79 Å². The van der Waals surface area contributed by atoms with Crippen LogP contribution in [0.3, 0.4) is 0 Å². The zero-order valence-corrected chi connectivity index (χ0v) is 15.5. The minimum Gasteiger partial charge on any atom is -0.480 e. The van der Waals surface area contributed by atoms with Crippen LogP contribution in [0.25, 0.3) is 0 Å². The lowest BCUT2D eigenvalue weighted by molar-refractivity contribution is -0.141. The smallest absolute Gasteiger partial charge is 0.328 e. The third kappa shape index (κ3) is 5.59. The molecule has 1 amide bonds. The molecule has 2 atom stereocenters. The van der Waals surface area contributed by atoms with Crippen molar-refractivity contribution in [2.45, 2.75) is 19.1 Å². The summed E-state index contributed by atoms with van der Waals surface area (Å²) in [6.45, 7) is 1.31. The Hall–Kier alpha value is -2.37. The molecule has 0 bridgehead atoms. The summed E-state index contributed by atoms with van der Waals surface area (Å²) in [5.41, 5.74) is 1.93. The molecule has 0 heterocycles. The molecule has 0 aliphatic carbocycles. The predicted octanol–water partition coefficient (Wildman–Crippen LogP) is 2.25. The Kier molecular flexibility index (Phi) is 6.56. The molecular weight excluding hydrogens is 433 g/mol. The number of aliphatic hydroxyl groups is 1. The van der Waals surface area contributed by atoms with Gasteiger partial charge in [-0.2, -0.15) is 0 Å². The topological polar surface area (TPSA) is 86.6 Å². The van der Waals surface area contributed by atoms with E-state index in [1.54, 1.807) is 24.3 Å². The van der Waals surface area contributed by atoms with Crippen molar-refractivity contribution in [3.05, 3.63) is 68.8 Å². The number of rotatable bonds is 4. The number of aliphatic hydroxyl groups excluding tert-OH is 1. The second kappa shape index (κ2) is 8.65. The Balaban J connectivity index is 2.08. The van der Waals surface area contributed by atoms with Crippen molar-refractivity contribution in [2.24, 2.45) is 0 Å². The van der Waals surface area contributed by atoms with E-state index in [1.165, 1.54) is 6.92 Å². The van der Waals surface area contributed by atoms with Gasteiger partial charge < -0.3 is 15.5 Å². The first-order valence-electron chi connectivity index (χ1n) is 7.46. The fourth-order valence-corrected chi connectivity index (χ4v) is 2.36. The molecule has 2 aromatic rings. The van der Waals surface area contributed by atoms with Crippen molar-refractivity contribution in [1.82, 2.24) is 5.32 Å². The third-order valence-electron chi connectivity index (χ3n) is 3.38. The number of hydrogen-bond donors (Lipinski definition) is 3. The molecule has 6 heteroatoms. The van der Waals surface area contributed by atoms with Crippen LogP contribution < -0.4 is 5.32 Å². The second-order valence-corrected chi connectivity index (χ2v) is 6.61. The highest BCUT2D eigenvalue weighted by Crippen LogP contribution is 2.07. The normalized spacial score (nSPS) is 12.4. The van der Waals surface area contributed by atoms with Crippen LogP contribution in [0.4, 0.5) is 0 Å². The maximum Gasteiger partial charge on any atom is 0.328 e. The van der Waals surface area contributed by atoms with Crippen LogP contribution in [0.1, 0.15) is 28.4 Å². The van der Waals surface area contributed by atoms with Crippen molar-refractivity contribution in [2.75, 3.05) is 0 Å². The summed E-state index contributed by atoms with van der Waals surface area (Å²) in [4.78, 5) is 23.1. The first-order chi connectivity index (χ1) is 11.9. The molecule has 0 saturated carbocycles. The number of carboxylic acid groups (broad SMARTS) is 1. The predicted molar refractivity (Wildman–Crippen MR) is 102 cm³/mol. The van der Waals surface area contributed by atoms with Gasteiger partial charge in [0.2, 0.25) is 0 Å². The Bertz CT molecular complexity index is 817. The summed E-state index contributed by atoms with van der Waals surface area (Å²) >= 11 is 2.22. The minimum absolute atomic E-state index is 0.298. The lowest BCUT2D eigenvalue weighted by atomic mass is 10.1. The molecule has 2 rings (SSSR count). The Morgan fingerprint density at radius 2 is 1.48 bits per heavy atom. The highest BCUT2D eigenvalue weighted by Gasteiger charge is 2.25. The van der Waals surface area contributed by atoms with Gasteiger partial charge in [-0.25, -0.2) is 4.79 Å². The first-order valence-corrected chi connectivity index (χ1v) is 8.54. The maximum atomic E-state index is 12.1. The molecule has 128 valence electrons. The molecule has 0 radical (unpaired) electrons. The SMILES string of the molecule is C[C@@H](O)[C@H](NC(=O)c1ccc(C#Cc2ccc(I)cc2)cc1)C(=O)O. The van der Waals surface area contributed by atoms with E-state index >= 15 is 0 Å². The Morgan fingerprint density at radius 3 is 1.92 bits per heavy atom. The van der Waals surface area contributed by atoms with E-state index in [-0.39, 0.29) is 0 Å². The van der Waals surface area contributed by atoms with E-state index in [2.05, 4.69) is 39.7 Å². The maximum absolute atomic E-state index is 12.1. The summed E-state index contributed by atoms with van der Waals surface area (Å²) in [5.74, 6) is 4.19. The van der Waals surface area contributed by atoms with E-state index in [1.807, 2.05) is 24.3 Å². The number of carbonyl (C=O) groups excluding carboxylic acids is 1. The fraction of sp³-hybridized carbons (Fsp3) is 0.158. The highest BCUT2D eigenvalue weighted by atomic mass is 127. The van der Waals surface area contributed by atoms with Gasteiger partial charge in [0.15, 0.2) is 6.04 Å². The summed E-state index contributed by atoms with van der Waals surface area (Å²) < 4.78 is 1.13. The standard InChI is InChI=1S/C19H16INO4/c1-12(22)17(19(24)25)21-18(23)15-8-4-13(5-9-15)2-3-14-6-10-16(20)11-7-14/h4-12,17,22H,1H3,(H,21,23)(H,24,25)/t12-,17+/m1/s1. The lowest BCUT2D eigenvalue weighted by Crippen LogP contribution is -2.47. The molecule has 2 aromatic carbocycles. The molecule has 0 fully saturated rings.